The fourth-order valence-corrected chi connectivity index (χ4v) is 4.65. The second-order valence-corrected chi connectivity index (χ2v) is 10.5. The van der Waals surface area contributed by atoms with Gasteiger partial charge in [-0.2, -0.15) is 4.73 Å². The van der Waals surface area contributed by atoms with Gasteiger partial charge in [-0.05, 0) is 40.1 Å². The van der Waals surface area contributed by atoms with E-state index in [9.17, 15) is 4.79 Å². The van der Waals surface area contributed by atoms with Crippen LogP contribution in [0.1, 0.15) is 24.2 Å². The first-order valence-electron chi connectivity index (χ1n) is 13.1. The molecule has 0 amide bonds. The highest BCUT2D eigenvalue weighted by molar-refractivity contribution is 6.35. The van der Waals surface area contributed by atoms with Gasteiger partial charge in [-0.1, -0.05) is 23.7 Å². The molecule has 3 N–H and O–H groups in total. The van der Waals surface area contributed by atoms with E-state index in [4.69, 9.17) is 36.6 Å². The van der Waals surface area contributed by atoms with Crippen LogP contribution in [0.15, 0.2) is 42.7 Å². The second-order valence-electron chi connectivity index (χ2n) is 10.1. The number of benzene rings is 2. The first-order valence-corrected chi connectivity index (χ1v) is 13.4. The maximum atomic E-state index is 13.1. The first kappa shape index (κ1) is 29.8. The zero-order chi connectivity index (χ0) is 29.8. The van der Waals surface area contributed by atoms with E-state index in [1.54, 1.807) is 39.3 Å². The average Bonchev–Trinajstić information content (AvgIpc) is 3.31. The molecule has 0 aliphatic carbocycles. The summed E-state index contributed by atoms with van der Waals surface area (Å²) in [6, 6.07) is 9.12. The van der Waals surface area contributed by atoms with E-state index in [2.05, 4.69) is 20.1 Å². The van der Waals surface area contributed by atoms with Gasteiger partial charge in [0.15, 0.2) is 0 Å². The number of nitrogen functional groups attached to an aromatic ring is 1. The summed E-state index contributed by atoms with van der Waals surface area (Å²) in [5.74, 6) is 0.240. The van der Waals surface area contributed by atoms with E-state index in [0.29, 0.717) is 38.9 Å². The van der Waals surface area contributed by atoms with Gasteiger partial charge in [0, 0.05) is 43.4 Å². The molecule has 12 heteroatoms. The molecule has 41 heavy (non-hydrogen) atoms. The number of hydrogen-bond acceptors (Lipinski definition) is 10. The average molecular weight is 582 g/mol. The molecule has 2 aromatic heterocycles. The van der Waals surface area contributed by atoms with Gasteiger partial charge < -0.3 is 35.2 Å². The highest BCUT2D eigenvalue weighted by atomic mass is 35.5. The number of aromatic nitrogens is 3. The van der Waals surface area contributed by atoms with Gasteiger partial charge in [-0.25, -0.2) is 14.8 Å². The number of rotatable bonds is 11. The zero-order valence-corrected chi connectivity index (χ0v) is 25.1. The van der Waals surface area contributed by atoms with Gasteiger partial charge in [-0.3, -0.25) is 0 Å². The SMILES string of the molecule is COc1cc(N(C)CCN(C)C)c(N)cc1Nc1ncc(C(=O)OC(C)C)c(-c2cn(OC)c3c(Cl)cccc23)n1. The lowest BCUT2D eigenvalue weighted by Crippen LogP contribution is -2.29. The monoisotopic (exact) mass is 581 g/mol. The van der Waals surface area contributed by atoms with Gasteiger partial charge in [0.05, 0.1) is 47.2 Å². The Morgan fingerprint density at radius 3 is 2.59 bits per heavy atom. The lowest BCUT2D eigenvalue weighted by Gasteiger charge is -2.24. The van der Waals surface area contributed by atoms with Crippen LogP contribution >= 0.6 is 11.6 Å². The molecule has 0 spiro atoms. The van der Waals surface area contributed by atoms with Gasteiger partial charge in [-0.15, -0.1) is 0 Å². The summed E-state index contributed by atoms with van der Waals surface area (Å²) in [6.45, 7) is 5.21. The quantitative estimate of drug-likeness (QED) is 0.190. The number of fused-ring (bicyclic) bond motifs is 1. The number of carbonyl (C=O) groups is 1. The van der Waals surface area contributed by atoms with Crippen LogP contribution < -0.4 is 25.5 Å². The summed E-state index contributed by atoms with van der Waals surface area (Å²) in [5, 5.41) is 4.44. The minimum atomic E-state index is -0.547. The fraction of sp³-hybridized carbons (Fsp3) is 0.345. The molecule has 0 aliphatic heterocycles. The van der Waals surface area contributed by atoms with Crippen molar-refractivity contribution in [2.45, 2.75) is 20.0 Å². The predicted octanol–water partition coefficient (Wildman–Crippen LogP) is 4.71. The minimum Gasteiger partial charge on any atom is -0.494 e. The van der Waals surface area contributed by atoms with Crippen molar-refractivity contribution < 1.29 is 19.1 Å². The van der Waals surface area contributed by atoms with Crippen molar-refractivity contribution in [3.8, 4) is 17.0 Å². The lowest BCUT2D eigenvalue weighted by molar-refractivity contribution is 0.0378. The van der Waals surface area contributed by atoms with E-state index >= 15 is 0 Å². The molecule has 4 aromatic rings. The van der Waals surface area contributed by atoms with Crippen molar-refractivity contribution in [2.75, 3.05) is 64.4 Å². The Bertz CT molecular complexity index is 1550. The number of halogens is 1. The van der Waals surface area contributed by atoms with E-state index in [1.807, 2.05) is 39.3 Å². The maximum Gasteiger partial charge on any atom is 0.342 e. The van der Waals surface area contributed by atoms with Gasteiger partial charge in [0.1, 0.15) is 23.9 Å². The number of likely N-dealkylation sites (N-methyl/N-ethyl adjacent to an activating group) is 2. The molecule has 0 saturated heterocycles. The predicted molar refractivity (Wildman–Crippen MR) is 164 cm³/mol. The molecule has 0 atom stereocenters. The Morgan fingerprint density at radius 1 is 1.17 bits per heavy atom. The normalized spacial score (nSPS) is 11.3. The topological polar surface area (TPSA) is 120 Å². The number of nitrogens with one attached hydrogen (secondary N) is 1. The largest absolute Gasteiger partial charge is 0.494 e. The molecule has 218 valence electrons. The highest BCUT2D eigenvalue weighted by Gasteiger charge is 2.24. The number of methoxy groups -OCH3 is 1. The molecule has 2 aromatic carbocycles. The van der Waals surface area contributed by atoms with E-state index in [0.717, 1.165) is 24.2 Å². The van der Waals surface area contributed by atoms with E-state index in [1.165, 1.54) is 18.0 Å². The van der Waals surface area contributed by atoms with Crippen molar-refractivity contribution in [3.63, 3.8) is 0 Å². The highest BCUT2D eigenvalue weighted by Crippen LogP contribution is 2.38. The smallest absolute Gasteiger partial charge is 0.342 e. The second kappa shape index (κ2) is 12.5. The Balaban J connectivity index is 1.80. The summed E-state index contributed by atoms with van der Waals surface area (Å²) in [6.07, 6.45) is 2.84. The van der Waals surface area contributed by atoms with Crippen molar-refractivity contribution in [2.24, 2.45) is 0 Å². The van der Waals surface area contributed by atoms with Crippen LogP contribution in [0.3, 0.4) is 0 Å². The molecule has 11 nitrogen and oxygen atoms in total. The van der Waals surface area contributed by atoms with Crippen molar-refractivity contribution in [1.82, 2.24) is 19.6 Å². The Labute approximate surface area is 244 Å². The van der Waals surface area contributed by atoms with Crippen LogP contribution in [0.5, 0.6) is 5.75 Å². The number of ether oxygens (including phenoxy) is 2. The number of nitrogens with two attached hydrogens (primary N) is 1. The van der Waals surface area contributed by atoms with Gasteiger partial charge in [0.2, 0.25) is 5.95 Å². The molecule has 0 bridgehead atoms. The van der Waals surface area contributed by atoms with Crippen molar-refractivity contribution in [3.05, 3.63) is 53.3 Å². The summed E-state index contributed by atoms with van der Waals surface area (Å²) < 4.78 is 12.7. The van der Waals surface area contributed by atoms with Gasteiger partial charge in [0.25, 0.3) is 0 Å². The summed E-state index contributed by atoms with van der Waals surface area (Å²) in [7, 11) is 9.14. The number of anilines is 4. The molecular weight excluding hydrogens is 546 g/mol. The summed E-state index contributed by atoms with van der Waals surface area (Å²) in [5.41, 5.74) is 10.2. The Kier molecular flexibility index (Phi) is 9.09. The summed E-state index contributed by atoms with van der Waals surface area (Å²) in [4.78, 5) is 32.0. The fourth-order valence-electron chi connectivity index (χ4n) is 4.39. The van der Waals surface area contributed by atoms with Crippen LogP contribution in [0.2, 0.25) is 5.02 Å². The Morgan fingerprint density at radius 2 is 1.93 bits per heavy atom. The number of nitrogens with zero attached hydrogens (tertiary/aromatic N) is 5. The third-order valence-electron chi connectivity index (χ3n) is 6.44. The molecule has 0 unspecified atom stereocenters. The zero-order valence-electron chi connectivity index (χ0n) is 24.4. The number of hydrogen-bond donors (Lipinski definition) is 2. The van der Waals surface area contributed by atoms with Crippen LogP contribution in [0, 0.1) is 0 Å². The van der Waals surface area contributed by atoms with Gasteiger partial charge >= 0.3 is 5.97 Å². The lowest BCUT2D eigenvalue weighted by atomic mass is 10.1. The third-order valence-corrected chi connectivity index (χ3v) is 6.74. The van der Waals surface area contributed by atoms with Crippen molar-refractivity contribution >= 4 is 51.5 Å². The maximum absolute atomic E-state index is 13.1. The van der Waals surface area contributed by atoms with Crippen LogP contribution in [-0.4, -0.2) is 80.1 Å². The number of para-hydroxylation sites is 1. The van der Waals surface area contributed by atoms with Crippen LogP contribution in [-0.2, 0) is 4.74 Å². The summed E-state index contributed by atoms with van der Waals surface area (Å²) >= 11 is 6.50. The molecule has 2 heterocycles. The number of esters is 1. The number of carbonyl (C=O) groups excluding carboxylic acids is 1. The third kappa shape index (κ3) is 6.41. The Hall–Kier alpha value is -4.22. The molecule has 0 radical (unpaired) electrons. The van der Waals surface area contributed by atoms with Crippen LogP contribution in [0.25, 0.3) is 22.2 Å². The molecule has 0 aliphatic rings. The first-order chi connectivity index (χ1) is 19.5. The van der Waals surface area contributed by atoms with E-state index < -0.39 is 5.97 Å². The van der Waals surface area contributed by atoms with E-state index in [-0.39, 0.29) is 17.6 Å². The molecular formula is C29H36ClN7O4. The minimum absolute atomic E-state index is 0.198. The van der Waals surface area contributed by atoms with Crippen molar-refractivity contribution in [1.29, 1.82) is 0 Å². The standard InChI is InChI=1S/C29H36ClN7O4/c1-17(2)41-28(38)19-15-32-29(34-26(19)20-16-37(40-7)27-18(20)9-8-10-21(27)30)33-23-13-22(31)24(14-25(23)39-6)36(5)12-11-35(3)4/h8-10,13-17H,11-12,31H2,1-7H3,(H,32,33,34). The molecule has 4 rings (SSSR count). The van der Waals surface area contributed by atoms with Crippen LogP contribution in [0.4, 0.5) is 23.0 Å². The molecule has 0 fully saturated rings. The molecule has 0 saturated carbocycles.